The highest BCUT2D eigenvalue weighted by Gasteiger charge is 2.36. The first-order chi connectivity index (χ1) is 11.6. The lowest BCUT2D eigenvalue weighted by molar-refractivity contribution is 0.0908. The van der Waals surface area contributed by atoms with Crippen molar-refractivity contribution in [3.63, 3.8) is 0 Å². The highest BCUT2D eigenvalue weighted by molar-refractivity contribution is 6.91. The van der Waals surface area contributed by atoms with Gasteiger partial charge in [-0.2, -0.15) is 0 Å². The number of carbonyl (C=O) groups is 1. The molecule has 0 saturated carbocycles. The van der Waals surface area contributed by atoms with Gasteiger partial charge in [-0.3, -0.25) is 9.36 Å². The van der Waals surface area contributed by atoms with Crippen LogP contribution in [0.5, 0.6) is 0 Å². The van der Waals surface area contributed by atoms with Crippen LogP contribution in [0.4, 0.5) is 0 Å². The summed E-state index contributed by atoms with van der Waals surface area (Å²) in [5.74, 6) is 0.193. The van der Waals surface area contributed by atoms with Gasteiger partial charge in [-0.15, -0.1) is 0 Å². The summed E-state index contributed by atoms with van der Waals surface area (Å²) in [5.41, 5.74) is 2.46. The molecule has 0 atom stereocenters. The first kappa shape index (κ1) is 18.1. The van der Waals surface area contributed by atoms with Crippen LogP contribution < -0.4 is 0 Å². The van der Waals surface area contributed by atoms with Crippen molar-refractivity contribution < 1.29 is 4.79 Å². The highest BCUT2D eigenvalue weighted by Crippen LogP contribution is 2.41. The second-order valence-corrected chi connectivity index (χ2v) is 19.1. The number of rotatable bonds is 5. The Morgan fingerprint density at radius 2 is 1.64 bits per heavy atom. The predicted octanol–water partition coefficient (Wildman–Crippen LogP) is 6.05. The van der Waals surface area contributed by atoms with E-state index in [1.54, 1.807) is 10.4 Å². The molecule has 2 nitrogen and oxygen atoms in total. The molecule has 25 heavy (non-hydrogen) atoms. The molecule has 0 aliphatic heterocycles. The van der Waals surface area contributed by atoms with Crippen molar-refractivity contribution in [3.8, 4) is 0 Å². The molecule has 0 unspecified atom stereocenters. The number of hydrogen-bond donors (Lipinski definition) is 0. The van der Waals surface area contributed by atoms with Crippen molar-refractivity contribution in [1.82, 2.24) is 4.57 Å². The Labute approximate surface area is 153 Å². The van der Waals surface area contributed by atoms with Crippen molar-refractivity contribution >= 4 is 33.0 Å². The van der Waals surface area contributed by atoms with Crippen LogP contribution in [0.15, 0.2) is 58.6 Å². The van der Waals surface area contributed by atoms with E-state index < -0.39 is 16.1 Å². The molecule has 1 aromatic carbocycles. The SMILES string of the molecule is C[Si](C)(C)C1=C([Si](C)(C)C)C(CCC(=O)n2ccc3ccccc32)=C1. The van der Waals surface area contributed by atoms with E-state index in [-0.39, 0.29) is 5.91 Å². The lowest BCUT2D eigenvalue weighted by Gasteiger charge is -2.38. The van der Waals surface area contributed by atoms with Crippen LogP contribution in [0, 0.1) is 0 Å². The van der Waals surface area contributed by atoms with Gasteiger partial charge < -0.3 is 0 Å². The molecule has 1 aliphatic carbocycles. The number of aromatic nitrogens is 1. The lowest BCUT2D eigenvalue weighted by Crippen LogP contribution is -2.38. The Bertz CT molecular complexity index is 888. The maximum atomic E-state index is 12.7. The first-order valence-electron chi connectivity index (χ1n) is 9.14. The van der Waals surface area contributed by atoms with Gasteiger partial charge in [0, 0.05) is 18.0 Å². The van der Waals surface area contributed by atoms with E-state index in [1.165, 1.54) is 5.57 Å². The summed E-state index contributed by atoms with van der Waals surface area (Å²) in [5, 5.41) is 4.42. The summed E-state index contributed by atoms with van der Waals surface area (Å²) in [6.45, 7) is 14.6. The number of hydrogen-bond acceptors (Lipinski definition) is 1. The average Bonchev–Trinajstić information content (AvgIpc) is 2.86. The molecule has 1 aliphatic rings. The summed E-state index contributed by atoms with van der Waals surface area (Å²) < 4.78 is 1.81. The summed E-state index contributed by atoms with van der Waals surface area (Å²) in [6.07, 6.45) is 5.77. The van der Waals surface area contributed by atoms with Crippen molar-refractivity contribution in [2.45, 2.75) is 52.1 Å². The van der Waals surface area contributed by atoms with Gasteiger partial charge in [0.05, 0.1) is 21.7 Å². The van der Waals surface area contributed by atoms with Crippen molar-refractivity contribution in [3.05, 3.63) is 58.6 Å². The van der Waals surface area contributed by atoms with E-state index in [2.05, 4.69) is 51.4 Å². The Kier molecular flexibility index (Phi) is 4.54. The standard InChI is InChI=1S/C21H29NOSi2/c1-24(2,3)19-15-17(21(19)25(4,5)6)11-12-20(23)22-14-13-16-9-7-8-10-18(16)22/h7-10,13-15H,11-12H2,1-6H3. The van der Waals surface area contributed by atoms with E-state index >= 15 is 0 Å². The van der Waals surface area contributed by atoms with Crippen LogP contribution in [0.2, 0.25) is 39.3 Å². The average molecular weight is 368 g/mol. The van der Waals surface area contributed by atoms with E-state index in [0.29, 0.717) is 6.42 Å². The molecule has 0 N–H and O–H groups in total. The van der Waals surface area contributed by atoms with Gasteiger partial charge >= 0.3 is 0 Å². The summed E-state index contributed by atoms with van der Waals surface area (Å²) in [7, 11) is -2.65. The fourth-order valence-electron chi connectivity index (χ4n) is 3.75. The maximum absolute atomic E-state index is 12.7. The fourth-order valence-corrected chi connectivity index (χ4v) is 9.56. The van der Waals surface area contributed by atoms with Crippen LogP contribution in [0.1, 0.15) is 17.6 Å². The summed E-state index contributed by atoms with van der Waals surface area (Å²) in [4.78, 5) is 12.7. The third kappa shape index (κ3) is 3.51. The molecule has 2 aromatic rings. The molecular formula is C21H29NOSi2. The van der Waals surface area contributed by atoms with Gasteiger partial charge in [0.15, 0.2) is 0 Å². The van der Waals surface area contributed by atoms with Gasteiger partial charge in [0.2, 0.25) is 5.91 Å². The third-order valence-corrected chi connectivity index (χ3v) is 9.29. The van der Waals surface area contributed by atoms with Crippen molar-refractivity contribution in [2.75, 3.05) is 0 Å². The van der Waals surface area contributed by atoms with Gasteiger partial charge in [-0.1, -0.05) is 73.9 Å². The molecule has 1 aromatic heterocycles. The molecule has 3 rings (SSSR count). The van der Waals surface area contributed by atoms with Crippen LogP contribution in [0.25, 0.3) is 10.9 Å². The summed E-state index contributed by atoms with van der Waals surface area (Å²) in [6, 6.07) is 10.1. The van der Waals surface area contributed by atoms with E-state index in [0.717, 1.165) is 17.3 Å². The molecule has 4 heteroatoms. The number of allylic oxidation sites excluding steroid dienone is 4. The zero-order valence-electron chi connectivity index (χ0n) is 16.3. The molecule has 0 fully saturated rings. The molecule has 0 saturated heterocycles. The minimum Gasteiger partial charge on any atom is -0.287 e. The maximum Gasteiger partial charge on any atom is 0.231 e. The second-order valence-electron chi connectivity index (χ2n) is 9.10. The van der Waals surface area contributed by atoms with Gasteiger partial charge in [-0.05, 0) is 24.1 Å². The molecule has 0 amide bonds. The quantitative estimate of drug-likeness (QED) is 0.589. The van der Waals surface area contributed by atoms with Crippen LogP contribution in [-0.2, 0) is 0 Å². The molecule has 132 valence electrons. The molecule has 1 heterocycles. The van der Waals surface area contributed by atoms with E-state index in [4.69, 9.17) is 0 Å². The van der Waals surface area contributed by atoms with Gasteiger partial charge in [-0.25, -0.2) is 0 Å². The van der Waals surface area contributed by atoms with Gasteiger partial charge in [0.1, 0.15) is 0 Å². The molecule has 0 radical (unpaired) electrons. The predicted molar refractivity (Wildman–Crippen MR) is 114 cm³/mol. The Morgan fingerprint density at radius 3 is 2.28 bits per heavy atom. The molecular weight excluding hydrogens is 338 g/mol. The largest absolute Gasteiger partial charge is 0.287 e. The Hall–Kier alpha value is -1.66. The molecule has 0 bridgehead atoms. The van der Waals surface area contributed by atoms with E-state index in [1.807, 2.05) is 35.0 Å². The van der Waals surface area contributed by atoms with Crippen LogP contribution >= 0.6 is 0 Å². The number of nitrogens with zero attached hydrogens (tertiary/aromatic N) is 1. The van der Waals surface area contributed by atoms with Gasteiger partial charge in [0.25, 0.3) is 0 Å². The minimum atomic E-state index is -1.36. The highest BCUT2D eigenvalue weighted by atomic mass is 28.3. The van der Waals surface area contributed by atoms with Crippen molar-refractivity contribution in [1.29, 1.82) is 0 Å². The second kappa shape index (κ2) is 6.25. The number of carbonyl (C=O) groups excluding carboxylic acids is 1. The smallest absolute Gasteiger partial charge is 0.231 e. The topological polar surface area (TPSA) is 22.0 Å². The molecule has 0 spiro atoms. The van der Waals surface area contributed by atoms with Crippen molar-refractivity contribution in [2.24, 2.45) is 0 Å². The lowest BCUT2D eigenvalue weighted by atomic mass is 10.0. The third-order valence-electron chi connectivity index (χ3n) is 4.94. The summed E-state index contributed by atoms with van der Waals surface area (Å²) >= 11 is 0. The monoisotopic (exact) mass is 367 g/mol. The van der Waals surface area contributed by atoms with Crippen LogP contribution in [-0.4, -0.2) is 26.6 Å². The van der Waals surface area contributed by atoms with E-state index in [9.17, 15) is 4.79 Å². The zero-order chi connectivity index (χ0) is 18.4. The first-order valence-corrected chi connectivity index (χ1v) is 16.1. The minimum absolute atomic E-state index is 0.193. The number of para-hydroxylation sites is 1. The Balaban J connectivity index is 1.75. The zero-order valence-corrected chi connectivity index (χ0v) is 18.3. The Morgan fingerprint density at radius 1 is 0.960 bits per heavy atom. The normalized spacial score (nSPS) is 15.4. The number of benzene rings is 1. The van der Waals surface area contributed by atoms with Crippen LogP contribution in [0.3, 0.4) is 0 Å². The number of fused-ring (bicyclic) bond motifs is 1. The fraction of sp³-hybridized carbons (Fsp3) is 0.381.